The van der Waals surface area contributed by atoms with Gasteiger partial charge in [-0.05, 0) is 12.2 Å². The quantitative estimate of drug-likeness (QED) is 0.524. The lowest BCUT2D eigenvalue weighted by Crippen LogP contribution is -2.24. The maximum atomic E-state index is 2.17. The zero-order chi connectivity index (χ0) is 7.68. The van der Waals surface area contributed by atoms with E-state index in [0.29, 0.717) is 6.04 Å². The Kier molecular flexibility index (Phi) is 1.39. The first-order valence-corrected chi connectivity index (χ1v) is 3.74. The topological polar surface area (TPSA) is 8.81 Å². The fourth-order valence-electron chi connectivity index (χ4n) is 1.26. The van der Waals surface area contributed by atoms with Crippen LogP contribution in [0.5, 0.6) is 0 Å². The van der Waals surface area contributed by atoms with Gasteiger partial charge in [0.05, 0.1) is 7.05 Å². The maximum Gasteiger partial charge on any atom is 0.244 e. The van der Waals surface area contributed by atoms with Crippen molar-refractivity contribution < 1.29 is 4.57 Å². The highest BCUT2D eigenvalue weighted by molar-refractivity contribution is 5.19. The molecule has 1 aliphatic carbocycles. The minimum Gasteiger partial charge on any atom is -0.240 e. The first kappa shape index (κ1) is 6.40. The molecule has 1 aliphatic rings. The molecule has 1 aromatic heterocycles. The van der Waals surface area contributed by atoms with Crippen LogP contribution < -0.4 is 4.57 Å². The third-order valence-electron chi connectivity index (χ3n) is 1.86. The van der Waals surface area contributed by atoms with Gasteiger partial charge < -0.3 is 0 Å². The zero-order valence-corrected chi connectivity index (χ0v) is 6.51. The van der Waals surface area contributed by atoms with Crippen LogP contribution in [0.4, 0.5) is 0 Å². The van der Waals surface area contributed by atoms with Crippen molar-refractivity contribution in [3.63, 3.8) is 0 Å². The van der Waals surface area contributed by atoms with E-state index in [4.69, 9.17) is 0 Å². The van der Waals surface area contributed by atoms with Crippen molar-refractivity contribution in [2.75, 3.05) is 0 Å². The highest BCUT2D eigenvalue weighted by Crippen LogP contribution is 2.13. The van der Waals surface area contributed by atoms with Crippen molar-refractivity contribution in [1.29, 1.82) is 0 Å². The van der Waals surface area contributed by atoms with Crippen molar-refractivity contribution in [3.05, 3.63) is 43.0 Å². The highest BCUT2D eigenvalue weighted by atomic mass is 15.1. The minimum atomic E-state index is 0.427. The molecule has 1 aromatic rings. The van der Waals surface area contributed by atoms with Crippen LogP contribution in [0.25, 0.3) is 0 Å². The van der Waals surface area contributed by atoms with E-state index in [1.54, 1.807) is 0 Å². The van der Waals surface area contributed by atoms with E-state index in [2.05, 4.69) is 41.4 Å². The van der Waals surface area contributed by atoms with Crippen LogP contribution in [-0.4, -0.2) is 4.57 Å². The van der Waals surface area contributed by atoms with Gasteiger partial charge in [-0.15, -0.1) is 0 Å². The average Bonchev–Trinajstić information content (AvgIpc) is 2.55. The molecule has 1 heterocycles. The van der Waals surface area contributed by atoms with Crippen LogP contribution in [0.15, 0.2) is 43.0 Å². The van der Waals surface area contributed by atoms with Crippen molar-refractivity contribution in [1.82, 2.24) is 4.57 Å². The molecular formula is C9H11N2+. The van der Waals surface area contributed by atoms with Gasteiger partial charge in [-0.3, -0.25) is 0 Å². The fraction of sp³-hybridized carbons (Fsp3) is 0.222. The summed E-state index contributed by atoms with van der Waals surface area (Å²) in [5.74, 6) is 0. The van der Waals surface area contributed by atoms with Crippen LogP contribution in [0, 0.1) is 0 Å². The molecule has 0 N–H and O–H groups in total. The molecule has 2 nitrogen and oxygen atoms in total. The van der Waals surface area contributed by atoms with Gasteiger partial charge >= 0.3 is 0 Å². The van der Waals surface area contributed by atoms with Gasteiger partial charge in [0.25, 0.3) is 0 Å². The molecule has 0 bridgehead atoms. The second-order valence-corrected chi connectivity index (χ2v) is 2.79. The van der Waals surface area contributed by atoms with E-state index in [1.165, 1.54) is 0 Å². The Hall–Kier alpha value is -1.31. The standard InChI is InChI=1S/C9H11N2/c1-10-6-7-11(8-10)9-4-2-3-5-9/h2-9H,1H3/q+1. The van der Waals surface area contributed by atoms with Crippen LogP contribution in [0.1, 0.15) is 6.04 Å². The molecule has 0 radical (unpaired) electrons. The minimum absolute atomic E-state index is 0.427. The fourth-order valence-corrected chi connectivity index (χ4v) is 1.26. The number of hydrogen-bond acceptors (Lipinski definition) is 0. The summed E-state index contributed by atoms with van der Waals surface area (Å²) in [5.41, 5.74) is 0. The Morgan fingerprint density at radius 2 is 2.00 bits per heavy atom. The Morgan fingerprint density at radius 3 is 2.55 bits per heavy atom. The molecule has 2 rings (SSSR count). The van der Waals surface area contributed by atoms with Crippen molar-refractivity contribution in [2.24, 2.45) is 7.05 Å². The molecule has 11 heavy (non-hydrogen) atoms. The molecule has 0 aromatic carbocycles. The lowest BCUT2D eigenvalue weighted by molar-refractivity contribution is -0.671. The number of aryl methyl sites for hydroxylation is 1. The first-order valence-electron chi connectivity index (χ1n) is 3.74. The summed E-state index contributed by atoms with van der Waals surface area (Å²) in [5, 5.41) is 0. The van der Waals surface area contributed by atoms with E-state index < -0.39 is 0 Å². The second-order valence-electron chi connectivity index (χ2n) is 2.79. The second kappa shape index (κ2) is 2.38. The SMILES string of the molecule is C[n+]1ccn(C2C=CC=C2)c1. The summed E-state index contributed by atoms with van der Waals surface area (Å²) >= 11 is 0. The van der Waals surface area contributed by atoms with E-state index in [1.807, 2.05) is 17.8 Å². The van der Waals surface area contributed by atoms with E-state index in [0.717, 1.165) is 0 Å². The van der Waals surface area contributed by atoms with Crippen LogP contribution in [0.3, 0.4) is 0 Å². The predicted molar refractivity (Wildman–Crippen MR) is 42.9 cm³/mol. The van der Waals surface area contributed by atoms with E-state index in [-0.39, 0.29) is 0 Å². The number of allylic oxidation sites excluding steroid dienone is 4. The lowest BCUT2D eigenvalue weighted by atomic mass is 10.3. The predicted octanol–water partition coefficient (Wildman–Crippen LogP) is 0.980. The Balaban J connectivity index is 2.29. The number of hydrogen-bond donors (Lipinski definition) is 0. The van der Waals surface area contributed by atoms with Gasteiger partial charge in [0.2, 0.25) is 6.33 Å². The molecule has 2 heteroatoms. The molecule has 0 aliphatic heterocycles. The maximum absolute atomic E-state index is 2.17. The number of imidazole rings is 1. The number of rotatable bonds is 1. The molecule has 0 spiro atoms. The van der Waals surface area contributed by atoms with Crippen molar-refractivity contribution in [3.8, 4) is 0 Å². The van der Waals surface area contributed by atoms with Crippen LogP contribution >= 0.6 is 0 Å². The van der Waals surface area contributed by atoms with Gasteiger partial charge in [0.1, 0.15) is 18.4 Å². The Bertz CT molecular complexity index is 295. The number of nitrogens with zero attached hydrogens (tertiary/aromatic N) is 2. The summed E-state index contributed by atoms with van der Waals surface area (Å²) in [6.07, 6.45) is 14.7. The molecule has 0 saturated carbocycles. The summed E-state index contributed by atoms with van der Waals surface area (Å²) < 4.78 is 4.21. The van der Waals surface area contributed by atoms with Gasteiger partial charge in [-0.2, -0.15) is 0 Å². The Morgan fingerprint density at radius 1 is 1.27 bits per heavy atom. The zero-order valence-electron chi connectivity index (χ0n) is 6.51. The molecule has 0 fully saturated rings. The summed E-state index contributed by atoms with van der Waals surface area (Å²) in [7, 11) is 2.03. The Labute approximate surface area is 66.1 Å². The van der Waals surface area contributed by atoms with Crippen LogP contribution in [-0.2, 0) is 7.05 Å². The number of aromatic nitrogens is 2. The normalized spacial score (nSPS) is 16.5. The van der Waals surface area contributed by atoms with E-state index in [9.17, 15) is 0 Å². The molecular weight excluding hydrogens is 136 g/mol. The smallest absolute Gasteiger partial charge is 0.240 e. The summed E-state index contributed by atoms with van der Waals surface area (Å²) in [6.45, 7) is 0. The molecule has 0 saturated heterocycles. The molecule has 0 atom stereocenters. The monoisotopic (exact) mass is 147 g/mol. The van der Waals surface area contributed by atoms with Crippen molar-refractivity contribution in [2.45, 2.75) is 6.04 Å². The van der Waals surface area contributed by atoms with Crippen molar-refractivity contribution >= 4 is 0 Å². The largest absolute Gasteiger partial charge is 0.244 e. The van der Waals surface area contributed by atoms with E-state index >= 15 is 0 Å². The molecule has 56 valence electrons. The van der Waals surface area contributed by atoms with Gasteiger partial charge in [-0.1, -0.05) is 12.2 Å². The third-order valence-corrected chi connectivity index (χ3v) is 1.86. The van der Waals surface area contributed by atoms with Gasteiger partial charge in [0, 0.05) is 0 Å². The van der Waals surface area contributed by atoms with Gasteiger partial charge in [0.15, 0.2) is 0 Å². The summed E-state index contributed by atoms with van der Waals surface area (Å²) in [4.78, 5) is 0. The molecule has 0 amide bonds. The third kappa shape index (κ3) is 1.11. The average molecular weight is 147 g/mol. The lowest BCUT2D eigenvalue weighted by Gasteiger charge is -1.97. The highest BCUT2D eigenvalue weighted by Gasteiger charge is 2.10. The summed E-state index contributed by atoms with van der Waals surface area (Å²) in [6, 6.07) is 0.427. The molecule has 0 unspecified atom stereocenters. The van der Waals surface area contributed by atoms with Gasteiger partial charge in [-0.25, -0.2) is 9.13 Å². The first-order chi connectivity index (χ1) is 5.36. The van der Waals surface area contributed by atoms with Crippen LogP contribution in [0.2, 0.25) is 0 Å².